The first-order valence-corrected chi connectivity index (χ1v) is 11.3. The molecule has 3 fully saturated rings. The minimum Gasteiger partial charge on any atom is -0.388 e. The second-order valence-electron chi connectivity index (χ2n) is 10.7. The van der Waals surface area contributed by atoms with E-state index in [1.165, 1.54) is 24.0 Å². The first-order chi connectivity index (χ1) is 13.7. The number of ketones is 1. The van der Waals surface area contributed by atoms with Crippen molar-refractivity contribution in [3.63, 3.8) is 0 Å². The number of nitrogens with zero attached hydrogens (tertiary/aromatic N) is 2. The molecule has 6 unspecified atom stereocenters. The smallest absolute Gasteiger partial charge is 0.155 e. The van der Waals surface area contributed by atoms with Gasteiger partial charge in [0, 0.05) is 30.6 Å². The van der Waals surface area contributed by atoms with Crippen LogP contribution >= 0.6 is 0 Å². The largest absolute Gasteiger partial charge is 0.388 e. The van der Waals surface area contributed by atoms with E-state index in [-0.39, 0.29) is 16.9 Å². The molecule has 0 saturated heterocycles. The second kappa shape index (κ2) is 6.41. The van der Waals surface area contributed by atoms with Gasteiger partial charge < -0.3 is 5.11 Å². The number of aryl methyl sites for hydroxylation is 2. The normalized spacial score (nSPS) is 43.0. The summed E-state index contributed by atoms with van der Waals surface area (Å²) >= 11 is 0. The highest BCUT2D eigenvalue weighted by molar-refractivity contribution is 5.91. The van der Waals surface area contributed by atoms with E-state index in [9.17, 15) is 9.90 Å². The number of carbonyl (C=O) groups is 1. The van der Waals surface area contributed by atoms with E-state index in [1.54, 1.807) is 0 Å². The molecule has 1 aromatic rings. The van der Waals surface area contributed by atoms with Crippen LogP contribution in [0.4, 0.5) is 0 Å². The second-order valence-corrected chi connectivity index (χ2v) is 10.7. The summed E-state index contributed by atoms with van der Waals surface area (Å²) in [6.45, 7) is 6.79. The van der Waals surface area contributed by atoms with Crippen molar-refractivity contribution in [2.24, 2.45) is 35.6 Å². The van der Waals surface area contributed by atoms with Crippen molar-refractivity contribution in [1.29, 1.82) is 0 Å². The number of allylic oxidation sites excluding steroid dienone is 1. The summed E-state index contributed by atoms with van der Waals surface area (Å²) in [5, 5.41) is 15.8. The standard InChI is InChI=1S/C25H34N2O2/c1-15-17(14-27(4)26-15)11-16-12-22-20-6-5-18-13-19(28)7-9-24(18,2)21(20)8-10-25(22,3)23(16)29/h11,13-14,20-23,29H,5-10,12H2,1-4H3. The van der Waals surface area contributed by atoms with Gasteiger partial charge in [0.15, 0.2) is 5.78 Å². The molecule has 0 amide bonds. The van der Waals surface area contributed by atoms with Crippen LogP contribution in [0.5, 0.6) is 0 Å². The molecular formula is C25H34N2O2. The van der Waals surface area contributed by atoms with Crippen molar-refractivity contribution >= 4 is 11.9 Å². The zero-order valence-corrected chi connectivity index (χ0v) is 18.2. The van der Waals surface area contributed by atoms with Crippen molar-refractivity contribution in [2.45, 2.75) is 71.8 Å². The quantitative estimate of drug-likeness (QED) is 0.756. The minimum atomic E-state index is -0.356. The van der Waals surface area contributed by atoms with Gasteiger partial charge in [0.25, 0.3) is 0 Å². The van der Waals surface area contributed by atoms with E-state index >= 15 is 0 Å². The van der Waals surface area contributed by atoms with E-state index in [0.29, 0.717) is 30.0 Å². The molecule has 4 heteroatoms. The van der Waals surface area contributed by atoms with Gasteiger partial charge in [-0.15, -0.1) is 0 Å². The summed E-state index contributed by atoms with van der Waals surface area (Å²) in [4.78, 5) is 12.0. The summed E-state index contributed by atoms with van der Waals surface area (Å²) < 4.78 is 1.86. The van der Waals surface area contributed by atoms with E-state index in [4.69, 9.17) is 0 Å². The zero-order chi connectivity index (χ0) is 20.6. The fourth-order valence-electron chi connectivity index (χ4n) is 7.52. The third-order valence-electron chi connectivity index (χ3n) is 9.22. The summed E-state index contributed by atoms with van der Waals surface area (Å²) in [7, 11) is 1.95. The summed E-state index contributed by atoms with van der Waals surface area (Å²) in [6, 6.07) is 0. The zero-order valence-electron chi connectivity index (χ0n) is 18.2. The maximum atomic E-state index is 12.0. The van der Waals surface area contributed by atoms with Crippen molar-refractivity contribution in [1.82, 2.24) is 9.78 Å². The Morgan fingerprint density at radius 3 is 2.72 bits per heavy atom. The number of hydrogen-bond acceptors (Lipinski definition) is 3. The van der Waals surface area contributed by atoms with Gasteiger partial charge in [0.05, 0.1) is 11.8 Å². The number of rotatable bonds is 1. The Morgan fingerprint density at radius 2 is 2.00 bits per heavy atom. The third-order valence-corrected chi connectivity index (χ3v) is 9.22. The Balaban J connectivity index is 1.48. The van der Waals surface area contributed by atoms with E-state index in [2.05, 4.69) is 31.2 Å². The van der Waals surface area contributed by atoms with E-state index in [1.807, 2.05) is 24.7 Å². The predicted molar refractivity (Wildman–Crippen MR) is 114 cm³/mol. The van der Waals surface area contributed by atoms with Crippen molar-refractivity contribution in [2.75, 3.05) is 0 Å². The molecule has 5 rings (SSSR count). The SMILES string of the molecule is Cc1nn(C)cc1C=C1CC2C3CCC4=CC(=O)CCC4(C)C3CCC2(C)C1O. The van der Waals surface area contributed by atoms with Crippen LogP contribution in [0.2, 0.25) is 0 Å². The number of fused-ring (bicyclic) bond motifs is 5. The summed E-state index contributed by atoms with van der Waals surface area (Å²) in [5.41, 5.74) is 4.93. The lowest BCUT2D eigenvalue weighted by Crippen LogP contribution is -2.51. The van der Waals surface area contributed by atoms with Crippen LogP contribution in [0.25, 0.3) is 6.08 Å². The molecule has 4 aliphatic rings. The Kier molecular flexibility index (Phi) is 4.26. The molecule has 1 N–H and O–H groups in total. The minimum absolute atomic E-state index is 0.0226. The van der Waals surface area contributed by atoms with Crippen LogP contribution in [0.1, 0.15) is 70.1 Å². The molecule has 0 aromatic carbocycles. The van der Waals surface area contributed by atoms with Crippen molar-refractivity contribution < 1.29 is 9.90 Å². The number of aliphatic hydroxyl groups is 1. The Labute approximate surface area is 174 Å². The first kappa shape index (κ1) is 19.3. The van der Waals surface area contributed by atoms with Gasteiger partial charge in [-0.3, -0.25) is 9.48 Å². The third kappa shape index (κ3) is 2.74. The van der Waals surface area contributed by atoms with Gasteiger partial charge in [-0.05, 0) is 86.3 Å². The van der Waals surface area contributed by atoms with Gasteiger partial charge in [-0.1, -0.05) is 19.4 Å². The average molecular weight is 395 g/mol. The van der Waals surface area contributed by atoms with Crippen LogP contribution in [0, 0.1) is 35.5 Å². The maximum Gasteiger partial charge on any atom is 0.155 e. The van der Waals surface area contributed by atoms with Crippen LogP contribution in [-0.4, -0.2) is 26.8 Å². The monoisotopic (exact) mass is 394 g/mol. The van der Waals surface area contributed by atoms with Gasteiger partial charge in [0.2, 0.25) is 0 Å². The number of hydrogen-bond donors (Lipinski definition) is 1. The van der Waals surface area contributed by atoms with Gasteiger partial charge in [-0.2, -0.15) is 5.10 Å². The molecular weight excluding hydrogens is 360 g/mol. The molecule has 0 spiro atoms. The topological polar surface area (TPSA) is 55.1 Å². The Hall–Kier alpha value is -1.68. The van der Waals surface area contributed by atoms with Crippen LogP contribution in [-0.2, 0) is 11.8 Å². The van der Waals surface area contributed by atoms with Gasteiger partial charge in [-0.25, -0.2) is 0 Å². The van der Waals surface area contributed by atoms with Gasteiger partial charge >= 0.3 is 0 Å². The molecule has 1 aromatic heterocycles. The fraction of sp³-hybridized carbons (Fsp3) is 0.680. The fourth-order valence-corrected chi connectivity index (χ4v) is 7.52. The highest BCUT2D eigenvalue weighted by atomic mass is 16.3. The van der Waals surface area contributed by atoms with Gasteiger partial charge in [0.1, 0.15) is 0 Å². The average Bonchev–Trinajstić information content (AvgIpc) is 3.12. The lowest BCUT2D eigenvalue weighted by Gasteiger charge is -2.57. The molecule has 3 saturated carbocycles. The van der Waals surface area contributed by atoms with E-state index in [0.717, 1.165) is 36.9 Å². The molecule has 0 aliphatic heterocycles. The predicted octanol–water partition coefficient (Wildman–Crippen LogP) is 4.61. The Bertz CT molecular complexity index is 925. The molecule has 29 heavy (non-hydrogen) atoms. The molecule has 156 valence electrons. The van der Waals surface area contributed by atoms with Crippen LogP contribution in [0.15, 0.2) is 23.4 Å². The summed E-state index contributed by atoms with van der Waals surface area (Å²) in [5.74, 6) is 2.17. The molecule has 0 bridgehead atoms. The lowest BCUT2D eigenvalue weighted by molar-refractivity contribution is -0.117. The Morgan fingerprint density at radius 1 is 1.21 bits per heavy atom. The number of aliphatic hydroxyl groups excluding tert-OH is 1. The molecule has 0 radical (unpaired) electrons. The van der Waals surface area contributed by atoms with Crippen molar-refractivity contribution in [3.8, 4) is 0 Å². The van der Waals surface area contributed by atoms with Crippen LogP contribution in [0.3, 0.4) is 0 Å². The molecule has 1 heterocycles. The maximum absolute atomic E-state index is 12.0. The van der Waals surface area contributed by atoms with E-state index < -0.39 is 0 Å². The number of aromatic nitrogens is 2. The molecule has 6 atom stereocenters. The first-order valence-electron chi connectivity index (χ1n) is 11.3. The van der Waals surface area contributed by atoms with Crippen molar-refractivity contribution in [3.05, 3.63) is 34.7 Å². The highest BCUT2D eigenvalue weighted by Crippen LogP contribution is 2.66. The molecule has 4 nitrogen and oxygen atoms in total. The number of carbonyl (C=O) groups excluding carboxylic acids is 1. The lowest BCUT2D eigenvalue weighted by atomic mass is 9.47. The summed E-state index contributed by atoms with van der Waals surface area (Å²) in [6.07, 6.45) is 13.1. The highest BCUT2D eigenvalue weighted by Gasteiger charge is 2.59. The molecule has 4 aliphatic carbocycles. The van der Waals surface area contributed by atoms with Crippen LogP contribution < -0.4 is 0 Å².